The number of halogens is 6. The SMILES string of the molecule is N#Cc1c(N)sc2c(F)ccc(-c3c(C(F)(F)F)cc4c(N5CC6CCC(C5)N6)nc(OCC5(F)COC5)nc4c3F)c12. The molecule has 2 aromatic heterocycles. The molecule has 43 heavy (non-hydrogen) atoms. The smallest absolute Gasteiger partial charge is 0.417 e. The van der Waals surface area contributed by atoms with Crippen molar-refractivity contribution in [1.82, 2.24) is 15.3 Å². The van der Waals surface area contributed by atoms with Crippen LogP contribution in [0.4, 0.5) is 37.2 Å². The van der Waals surface area contributed by atoms with Gasteiger partial charge in [-0.15, -0.1) is 11.3 Å². The van der Waals surface area contributed by atoms with Crippen LogP contribution in [0.15, 0.2) is 18.2 Å². The van der Waals surface area contributed by atoms with E-state index in [1.807, 2.05) is 0 Å². The van der Waals surface area contributed by atoms with Gasteiger partial charge in [0.25, 0.3) is 0 Å². The zero-order valence-electron chi connectivity index (χ0n) is 22.2. The van der Waals surface area contributed by atoms with E-state index in [9.17, 15) is 27.2 Å². The third-order valence-corrected chi connectivity index (χ3v) is 9.12. The Hall–Kier alpha value is -3.87. The first-order chi connectivity index (χ1) is 20.5. The summed E-state index contributed by atoms with van der Waals surface area (Å²) in [7, 11) is 0. The Morgan fingerprint density at radius 2 is 1.91 bits per heavy atom. The molecule has 0 saturated carbocycles. The highest BCUT2D eigenvalue weighted by atomic mass is 32.1. The van der Waals surface area contributed by atoms with Crippen molar-refractivity contribution in [3.05, 3.63) is 41.0 Å². The minimum atomic E-state index is -5.07. The molecule has 3 N–H and O–H groups in total. The van der Waals surface area contributed by atoms with Gasteiger partial charge in [0.2, 0.25) is 0 Å². The number of fused-ring (bicyclic) bond motifs is 4. The van der Waals surface area contributed by atoms with E-state index in [1.165, 1.54) is 0 Å². The van der Waals surface area contributed by atoms with Crippen LogP contribution in [0.2, 0.25) is 0 Å². The number of nitrogens with one attached hydrogen (secondary N) is 1. The summed E-state index contributed by atoms with van der Waals surface area (Å²) in [6.07, 6.45) is -3.36. The van der Waals surface area contributed by atoms with Crippen molar-refractivity contribution in [2.75, 3.05) is 43.5 Å². The highest BCUT2D eigenvalue weighted by Gasteiger charge is 2.42. The number of ether oxygens (including phenoxy) is 2. The number of hydrogen-bond donors (Lipinski definition) is 2. The summed E-state index contributed by atoms with van der Waals surface area (Å²) in [5.74, 6) is -2.17. The lowest BCUT2D eigenvalue weighted by Gasteiger charge is -2.35. The number of nitrogens with two attached hydrogens (primary N) is 1. The van der Waals surface area contributed by atoms with Gasteiger partial charge in [0.1, 0.15) is 34.8 Å². The molecule has 7 rings (SSSR count). The molecule has 3 saturated heterocycles. The summed E-state index contributed by atoms with van der Waals surface area (Å²) in [5.41, 5.74) is 0.680. The maximum absolute atomic E-state index is 16.7. The van der Waals surface area contributed by atoms with Crippen LogP contribution in [-0.4, -0.2) is 60.6 Å². The Morgan fingerprint density at radius 1 is 1.19 bits per heavy atom. The third kappa shape index (κ3) is 4.59. The molecule has 0 aliphatic carbocycles. The van der Waals surface area contributed by atoms with Gasteiger partial charge in [-0.1, -0.05) is 6.07 Å². The Labute approximate surface area is 244 Å². The van der Waals surface area contributed by atoms with Gasteiger partial charge in [-0.2, -0.15) is 28.4 Å². The second-order valence-electron chi connectivity index (χ2n) is 11.1. The average Bonchev–Trinajstić information content (AvgIpc) is 3.48. The van der Waals surface area contributed by atoms with Crippen molar-refractivity contribution < 1.29 is 35.8 Å². The molecule has 3 fully saturated rings. The monoisotopic (exact) mass is 620 g/mol. The van der Waals surface area contributed by atoms with Crippen LogP contribution in [-0.2, 0) is 10.9 Å². The number of hydrogen-bond acceptors (Lipinski definition) is 9. The lowest BCUT2D eigenvalue weighted by atomic mass is 9.92. The Balaban J connectivity index is 1.49. The van der Waals surface area contributed by atoms with Gasteiger partial charge < -0.3 is 25.4 Å². The summed E-state index contributed by atoms with van der Waals surface area (Å²) in [4.78, 5) is 10.2. The Bertz CT molecular complexity index is 1820. The molecule has 3 aliphatic rings. The van der Waals surface area contributed by atoms with E-state index in [2.05, 4.69) is 15.3 Å². The highest BCUT2D eigenvalue weighted by molar-refractivity contribution is 7.23. The number of rotatable bonds is 5. The van der Waals surface area contributed by atoms with Gasteiger partial charge >= 0.3 is 12.2 Å². The van der Waals surface area contributed by atoms with Crippen molar-refractivity contribution in [2.45, 2.75) is 36.8 Å². The number of thiophene rings is 1. The molecule has 0 radical (unpaired) electrons. The van der Waals surface area contributed by atoms with E-state index >= 15 is 4.39 Å². The number of nitriles is 1. The molecule has 4 aromatic rings. The van der Waals surface area contributed by atoms with Crippen molar-refractivity contribution in [3.63, 3.8) is 0 Å². The van der Waals surface area contributed by atoms with Gasteiger partial charge in [-0.3, -0.25) is 0 Å². The molecule has 15 heteroatoms. The molecular formula is C28H22F6N6O2S. The van der Waals surface area contributed by atoms with E-state index in [4.69, 9.17) is 15.2 Å². The van der Waals surface area contributed by atoms with Gasteiger partial charge in [0, 0.05) is 41.5 Å². The maximum atomic E-state index is 16.7. The normalized spacial score (nSPS) is 21.3. The number of nitrogens with zero attached hydrogens (tertiary/aromatic N) is 4. The van der Waals surface area contributed by atoms with Gasteiger partial charge in [-0.05, 0) is 30.5 Å². The number of aromatic nitrogens is 2. The van der Waals surface area contributed by atoms with Crippen LogP contribution in [0.25, 0.3) is 32.1 Å². The maximum Gasteiger partial charge on any atom is 0.417 e. The third-order valence-electron chi connectivity index (χ3n) is 8.09. The quantitative estimate of drug-likeness (QED) is 0.289. The molecule has 2 aromatic carbocycles. The predicted molar refractivity (Wildman–Crippen MR) is 147 cm³/mol. The minimum absolute atomic E-state index is 0.0221. The molecule has 0 spiro atoms. The second-order valence-corrected chi connectivity index (χ2v) is 12.1. The van der Waals surface area contributed by atoms with Gasteiger partial charge in [0.05, 0.1) is 29.0 Å². The topological polar surface area (TPSA) is 109 Å². The minimum Gasteiger partial charge on any atom is -0.460 e. The number of benzene rings is 2. The van der Waals surface area contributed by atoms with Crippen molar-refractivity contribution >= 4 is 43.1 Å². The number of nitrogen functional groups attached to an aromatic ring is 1. The zero-order valence-corrected chi connectivity index (χ0v) is 23.0. The Kier molecular flexibility index (Phi) is 6.39. The zero-order chi connectivity index (χ0) is 30.3. The number of piperazine rings is 1. The molecule has 8 nitrogen and oxygen atoms in total. The molecule has 2 unspecified atom stereocenters. The van der Waals surface area contributed by atoms with Crippen LogP contribution in [0.3, 0.4) is 0 Å². The number of anilines is 2. The van der Waals surface area contributed by atoms with Crippen LogP contribution in [0.1, 0.15) is 24.0 Å². The van der Waals surface area contributed by atoms with Crippen molar-refractivity contribution in [1.29, 1.82) is 5.26 Å². The summed E-state index contributed by atoms with van der Waals surface area (Å²) in [6.45, 7) is -0.142. The fourth-order valence-electron chi connectivity index (χ4n) is 6.06. The van der Waals surface area contributed by atoms with Crippen LogP contribution in [0, 0.1) is 23.0 Å². The van der Waals surface area contributed by atoms with Crippen LogP contribution < -0.4 is 20.7 Å². The molecule has 3 aliphatic heterocycles. The van der Waals surface area contributed by atoms with E-state index in [0.717, 1.165) is 31.0 Å². The molecular weight excluding hydrogens is 598 g/mol. The first-order valence-electron chi connectivity index (χ1n) is 13.4. The molecule has 0 amide bonds. The summed E-state index contributed by atoms with van der Waals surface area (Å²) >= 11 is 0.681. The second kappa shape index (κ2) is 9.83. The lowest BCUT2D eigenvalue weighted by molar-refractivity contribution is -0.147. The molecule has 2 atom stereocenters. The molecule has 224 valence electrons. The van der Waals surface area contributed by atoms with Crippen molar-refractivity contribution in [3.8, 4) is 23.2 Å². The van der Waals surface area contributed by atoms with Crippen molar-refractivity contribution in [2.24, 2.45) is 0 Å². The first-order valence-corrected chi connectivity index (χ1v) is 14.2. The predicted octanol–water partition coefficient (Wildman–Crippen LogP) is 5.32. The van der Waals surface area contributed by atoms with E-state index in [-0.39, 0.29) is 62.7 Å². The van der Waals surface area contributed by atoms with Gasteiger partial charge in [-0.25, -0.2) is 13.2 Å². The lowest BCUT2D eigenvalue weighted by Crippen LogP contribution is -2.51. The summed E-state index contributed by atoms with van der Waals surface area (Å²) in [5, 5.41) is 12.6. The van der Waals surface area contributed by atoms with Crippen LogP contribution in [0.5, 0.6) is 6.01 Å². The van der Waals surface area contributed by atoms with E-state index in [0.29, 0.717) is 24.4 Å². The largest absolute Gasteiger partial charge is 0.460 e. The van der Waals surface area contributed by atoms with Crippen LogP contribution >= 0.6 is 11.3 Å². The summed E-state index contributed by atoms with van der Waals surface area (Å²) in [6, 6.07) is 4.15. The standard InChI is InChI=1S/C28H22F6N6O2S/c29-18-4-3-14(19-16(6-35)24(36)43-23(18)19)20-17(28(32,33)34)5-15-22(21(20)30)38-26(42-11-27(31)9-41-10-27)39-25(15)40-7-12-1-2-13(8-40)37-12/h3-5,12-13,37H,1-2,7-11,36H2. The summed E-state index contributed by atoms with van der Waals surface area (Å²) < 4.78 is 101. The number of alkyl halides is 4. The fraction of sp³-hybridized carbons (Fsp3) is 0.393. The fourth-order valence-corrected chi connectivity index (χ4v) is 7.01. The molecule has 5 heterocycles. The van der Waals surface area contributed by atoms with E-state index < -0.39 is 52.7 Å². The van der Waals surface area contributed by atoms with Gasteiger partial charge in [0.15, 0.2) is 11.5 Å². The average molecular weight is 621 g/mol. The molecule has 2 bridgehead atoms. The van der Waals surface area contributed by atoms with E-state index in [1.54, 1.807) is 11.0 Å². The Morgan fingerprint density at radius 3 is 2.53 bits per heavy atom. The first kappa shape index (κ1) is 27.9. The highest BCUT2D eigenvalue weighted by Crippen LogP contribution is 2.48.